The summed E-state index contributed by atoms with van der Waals surface area (Å²) >= 11 is 3.40. The quantitative estimate of drug-likeness (QED) is 0.811. The van der Waals surface area contributed by atoms with Crippen LogP contribution in [-0.4, -0.2) is 64.4 Å². The van der Waals surface area contributed by atoms with E-state index < -0.39 is 0 Å². The van der Waals surface area contributed by atoms with E-state index in [1.807, 2.05) is 13.8 Å². The predicted octanol–water partition coefficient (Wildman–Crippen LogP) is 1.82. The molecule has 0 unspecified atom stereocenters. The van der Waals surface area contributed by atoms with Gasteiger partial charge in [0.1, 0.15) is 6.04 Å². The highest BCUT2D eigenvalue weighted by molar-refractivity contribution is 9.10. The number of piperazine rings is 1. The maximum atomic E-state index is 12.6. The first-order valence-electron chi connectivity index (χ1n) is 7.35. The van der Waals surface area contributed by atoms with Crippen molar-refractivity contribution in [2.75, 3.05) is 32.8 Å². The molecule has 1 fully saturated rings. The Morgan fingerprint density at radius 1 is 1.32 bits per heavy atom. The maximum absolute atomic E-state index is 12.6. The Kier molecular flexibility index (Phi) is 5.44. The summed E-state index contributed by atoms with van der Waals surface area (Å²) in [5.74, 6) is 0.0159. The largest absolute Gasteiger partial charge is 0.450 e. The van der Waals surface area contributed by atoms with Crippen molar-refractivity contribution in [3.63, 3.8) is 0 Å². The van der Waals surface area contributed by atoms with Crippen LogP contribution < -0.4 is 0 Å². The Morgan fingerprint density at radius 3 is 2.41 bits per heavy atom. The van der Waals surface area contributed by atoms with Crippen molar-refractivity contribution in [3.8, 4) is 0 Å². The van der Waals surface area contributed by atoms with E-state index in [1.54, 1.807) is 27.6 Å². The van der Waals surface area contributed by atoms with Crippen molar-refractivity contribution in [2.24, 2.45) is 0 Å². The molecular weight excluding hydrogens is 352 g/mol. The van der Waals surface area contributed by atoms with Crippen LogP contribution in [-0.2, 0) is 9.53 Å². The van der Waals surface area contributed by atoms with Crippen LogP contribution in [0.2, 0.25) is 0 Å². The van der Waals surface area contributed by atoms with E-state index in [0.29, 0.717) is 32.8 Å². The summed E-state index contributed by atoms with van der Waals surface area (Å²) in [6, 6.07) is -0.361. The third-order valence-electron chi connectivity index (χ3n) is 3.83. The molecular formula is C14H21BrN4O3. The zero-order chi connectivity index (χ0) is 16.3. The Bertz CT molecular complexity index is 552. The third-order valence-corrected chi connectivity index (χ3v) is 4.60. The van der Waals surface area contributed by atoms with E-state index in [9.17, 15) is 9.59 Å². The normalized spacial score (nSPS) is 16.5. The second kappa shape index (κ2) is 7.13. The van der Waals surface area contributed by atoms with Crippen molar-refractivity contribution >= 4 is 27.9 Å². The molecule has 2 amide bonds. The van der Waals surface area contributed by atoms with Gasteiger partial charge in [0, 0.05) is 26.2 Å². The van der Waals surface area contributed by atoms with Crippen LogP contribution in [0.4, 0.5) is 4.79 Å². The molecule has 7 nitrogen and oxygen atoms in total. The number of amides is 2. The number of carbonyl (C=O) groups is 2. The van der Waals surface area contributed by atoms with Gasteiger partial charge in [-0.2, -0.15) is 5.10 Å². The molecule has 0 saturated carbocycles. The van der Waals surface area contributed by atoms with Gasteiger partial charge in [0.25, 0.3) is 0 Å². The van der Waals surface area contributed by atoms with Crippen LogP contribution in [0.25, 0.3) is 0 Å². The smallest absolute Gasteiger partial charge is 0.409 e. The average Bonchev–Trinajstić information content (AvgIpc) is 2.86. The minimum atomic E-state index is -0.361. The third kappa shape index (κ3) is 3.43. The lowest BCUT2D eigenvalue weighted by Gasteiger charge is -2.35. The average molecular weight is 373 g/mol. The molecule has 1 aromatic heterocycles. The molecule has 22 heavy (non-hydrogen) atoms. The Balaban J connectivity index is 1.95. The molecule has 0 N–H and O–H groups in total. The lowest BCUT2D eigenvalue weighted by Crippen LogP contribution is -2.52. The van der Waals surface area contributed by atoms with Gasteiger partial charge in [-0.1, -0.05) is 0 Å². The molecule has 1 atom stereocenters. The van der Waals surface area contributed by atoms with Gasteiger partial charge in [0.15, 0.2) is 0 Å². The van der Waals surface area contributed by atoms with E-state index in [0.717, 1.165) is 10.2 Å². The van der Waals surface area contributed by atoms with E-state index >= 15 is 0 Å². The number of halogens is 1. The minimum absolute atomic E-state index is 0.0159. The zero-order valence-electron chi connectivity index (χ0n) is 13.1. The molecule has 2 rings (SSSR count). The summed E-state index contributed by atoms with van der Waals surface area (Å²) < 4.78 is 7.58. The Morgan fingerprint density at radius 2 is 1.91 bits per heavy atom. The first-order valence-corrected chi connectivity index (χ1v) is 8.15. The summed E-state index contributed by atoms with van der Waals surface area (Å²) in [5, 5.41) is 4.24. The fraction of sp³-hybridized carbons (Fsp3) is 0.643. The molecule has 0 aliphatic carbocycles. The van der Waals surface area contributed by atoms with Crippen molar-refractivity contribution in [2.45, 2.75) is 26.8 Å². The predicted molar refractivity (Wildman–Crippen MR) is 84.6 cm³/mol. The number of hydrogen-bond acceptors (Lipinski definition) is 4. The minimum Gasteiger partial charge on any atom is -0.450 e. The monoisotopic (exact) mass is 372 g/mol. The van der Waals surface area contributed by atoms with Crippen molar-refractivity contribution < 1.29 is 14.3 Å². The van der Waals surface area contributed by atoms with Gasteiger partial charge in [-0.25, -0.2) is 4.79 Å². The standard InChI is InChI=1S/C14H21BrN4O3/c1-4-22-14(21)18-7-5-17(6-8-18)13(20)11(3)19-10(2)12(15)9-16-19/h9,11H,4-8H2,1-3H3/t11-/m0/s1. The first kappa shape index (κ1) is 16.8. The van der Waals surface area contributed by atoms with E-state index in [4.69, 9.17) is 4.74 Å². The van der Waals surface area contributed by atoms with Crippen LogP contribution in [0.5, 0.6) is 0 Å². The summed E-state index contributed by atoms with van der Waals surface area (Å²) in [5.41, 5.74) is 0.922. The molecule has 2 heterocycles. The summed E-state index contributed by atoms with van der Waals surface area (Å²) in [4.78, 5) is 27.6. The highest BCUT2D eigenvalue weighted by atomic mass is 79.9. The molecule has 1 aliphatic heterocycles. The fourth-order valence-corrected chi connectivity index (χ4v) is 2.76. The summed E-state index contributed by atoms with van der Waals surface area (Å²) in [7, 11) is 0. The van der Waals surface area contributed by atoms with E-state index in [-0.39, 0.29) is 18.0 Å². The van der Waals surface area contributed by atoms with Crippen LogP contribution >= 0.6 is 15.9 Å². The lowest BCUT2D eigenvalue weighted by atomic mass is 10.2. The number of rotatable bonds is 3. The number of hydrogen-bond donors (Lipinski definition) is 0. The Hall–Kier alpha value is -1.57. The maximum Gasteiger partial charge on any atom is 0.409 e. The van der Waals surface area contributed by atoms with Gasteiger partial charge in [-0.3, -0.25) is 9.48 Å². The van der Waals surface area contributed by atoms with Crippen LogP contribution in [0.3, 0.4) is 0 Å². The van der Waals surface area contributed by atoms with Gasteiger partial charge in [-0.15, -0.1) is 0 Å². The number of nitrogens with zero attached hydrogens (tertiary/aromatic N) is 4. The van der Waals surface area contributed by atoms with Crippen molar-refractivity contribution in [1.29, 1.82) is 0 Å². The second-order valence-electron chi connectivity index (χ2n) is 5.21. The Labute approximate surface area is 138 Å². The van der Waals surface area contributed by atoms with Gasteiger partial charge < -0.3 is 14.5 Å². The molecule has 1 saturated heterocycles. The highest BCUT2D eigenvalue weighted by Crippen LogP contribution is 2.20. The molecule has 0 aromatic carbocycles. The molecule has 8 heteroatoms. The van der Waals surface area contributed by atoms with Crippen molar-refractivity contribution in [3.05, 3.63) is 16.4 Å². The van der Waals surface area contributed by atoms with E-state index in [1.165, 1.54) is 0 Å². The number of ether oxygens (including phenoxy) is 1. The molecule has 1 aromatic rings. The lowest BCUT2D eigenvalue weighted by molar-refractivity contribution is -0.136. The SMILES string of the molecule is CCOC(=O)N1CCN(C(=O)[C@H](C)n2ncc(Br)c2C)CC1. The molecule has 1 aliphatic rings. The van der Waals surface area contributed by atoms with Gasteiger partial charge >= 0.3 is 6.09 Å². The topological polar surface area (TPSA) is 67.7 Å². The molecule has 122 valence electrons. The molecule has 0 spiro atoms. The van der Waals surface area contributed by atoms with Crippen LogP contribution in [0.15, 0.2) is 10.7 Å². The molecule has 0 radical (unpaired) electrons. The van der Waals surface area contributed by atoms with Gasteiger partial charge in [0.05, 0.1) is 23.0 Å². The summed E-state index contributed by atoms with van der Waals surface area (Å²) in [6.07, 6.45) is 1.38. The van der Waals surface area contributed by atoms with E-state index in [2.05, 4.69) is 21.0 Å². The van der Waals surface area contributed by atoms with Crippen molar-refractivity contribution in [1.82, 2.24) is 19.6 Å². The van der Waals surface area contributed by atoms with Crippen LogP contribution in [0.1, 0.15) is 25.6 Å². The van der Waals surface area contributed by atoms with Crippen LogP contribution in [0, 0.1) is 6.92 Å². The first-order chi connectivity index (χ1) is 10.5. The second-order valence-corrected chi connectivity index (χ2v) is 6.06. The zero-order valence-corrected chi connectivity index (χ0v) is 14.7. The number of carbonyl (C=O) groups excluding carboxylic acids is 2. The molecule has 0 bridgehead atoms. The highest BCUT2D eigenvalue weighted by Gasteiger charge is 2.29. The summed E-state index contributed by atoms with van der Waals surface area (Å²) in [6.45, 7) is 7.93. The fourth-order valence-electron chi connectivity index (χ4n) is 2.49. The number of aromatic nitrogens is 2. The van der Waals surface area contributed by atoms with Gasteiger partial charge in [0.2, 0.25) is 5.91 Å². The van der Waals surface area contributed by atoms with Gasteiger partial charge in [-0.05, 0) is 36.7 Å².